The average Bonchev–Trinajstić information content (AvgIpc) is 2.75. The fourth-order valence-electron chi connectivity index (χ4n) is 3.78. The molecule has 2 amide bonds. The number of pyridine rings is 1. The van der Waals surface area contributed by atoms with E-state index >= 15 is 0 Å². The molecule has 0 unspecified atom stereocenters. The molecule has 1 heterocycles. The number of hydrogen-bond donors (Lipinski definition) is 2. The fraction of sp³-hybridized carbons (Fsp3) is 0.261. The Kier molecular flexibility index (Phi) is 5.95. The second kappa shape index (κ2) is 8.79. The molecule has 0 atom stereocenters. The highest BCUT2D eigenvalue weighted by atomic mass is 35.5. The van der Waals surface area contributed by atoms with Gasteiger partial charge in [-0.15, -0.1) is 0 Å². The zero-order chi connectivity index (χ0) is 21.1. The van der Waals surface area contributed by atoms with Crippen molar-refractivity contribution in [3.63, 3.8) is 0 Å². The maximum absolute atomic E-state index is 13.2. The standard InChI is InChI=1S/C23H21ClFN3O2/c24-18-13-16(25)8-12-20(18)28-22(29)15-5-9-17(10-6-15)26-23(30)21-11-7-14-3-1-2-4-19(14)27-21/h1-4,7-8,11-13,15,17H,5-6,9-10H2,(H,26,30)(H,28,29). The maximum atomic E-state index is 13.2. The van der Waals surface area contributed by atoms with Gasteiger partial charge in [0.2, 0.25) is 5.91 Å². The van der Waals surface area contributed by atoms with E-state index in [1.165, 1.54) is 18.2 Å². The first-order valence-corrected chi connectivity index (χ1v) is 10.3. The molecule has 3 aromatic rings. The summed E-state index contributed by atoms with van der Waals surface area (Å²) in [6.45, 7) is 0. The molecule has 5 nitrogen and oxygen atoms in total. The smallest absolute Gasteiger partial charge is 0.270 e. The van der Waals surface area contributed by atoms with Gasteiger partial charge >= 0.3 is 0 Å². The minimum atomic E-state index is -0.449. The molecular weight excluding hydrogens is 405 g/mol. The molecule has 154 valence electrons. The van der Waals surface area contributed by atoms with E-state index in [2.05, 4.69) is 15.6 Å². The largest absolute Gasteiger partial charge is 0.348 e. The van der Waals surface area contributed by atoms with Gasteiger partial charge in [0.25, 0.3) is 5.91 Å². The lowest BCUT2D eigenvalue weighted by Gasteiger charge is -2.28. The van der Waals surface area contributed by atoms with Gasteiger partial charge in [-0.3, -0.25) is 9.59 Å². The summed E-state index contributed by atoms with van der Waals surface area (Å²) in [6, 6.07) is 15.2. The van der Waals surface area contributed by atoms with E-state index in [1.54, 1.807) is 6.07 Å². The molecule has 1 aromatic heterocycles. The van der Waals surface area contributed by atoms with E-state index in [4.69, 9.17) is 11.6 Å². The quantitative estimate of drug-likeness (QED) is 0.621. The predicted molar refractivity (Wildman–Crippen MR) is 115 cm³/mol. The number of fused-ring (bicyclic) bond motifs is 1. The topological polar surface area (TPSA) is 71.1 Å². The maximum Gasteiger partial charge on any atom is 0.270 e. The van der Waals surface area contributed by atoms with Gasteiger partial charge in [-0.05, 0) is 56.0 Å². The molecule has 2 aromatic carbocycles. The van der Waals surface area contributed by atoms with Crippen LogP contribution < -0.4 is 10.6 Å². The van der Waals surface area contributed by atoms with Crippen LogP contribution in [0.5, 0.6) is 0 Å². The summed E-state index contributed by atoms with van der Waals surface area (Å²) in [5.74, 6) is -0.954. The van der Waals surface area contributed by atoms with Crippen molar-refractivity contribution in [3.8, 4) is 0 Å². The molecule has 0 spiro atoms. The molecule has 0 bridgehead atoms. The van der Waals surface area contributed by atoms with Crippen LogP contribution in [0.3, 0.4) is 0 Å². The summed E-state index contributed by atoms with van der Waals surface area (Å²) < 4.78 is 13.2. The van der Waals surface area contributed by atoms with Crippen LogP contribution >= 0.6 is 11.6 Å². The van der Waals surface area contributed by atoms with Crippen LogP contribution in [0, 0.1) is 11.7 Å². The fourth-order valence-corrected chi connectivity index (χ4v) is 3.99. The number of aromatic nitrogens is 1. The number of halogens is 2. The molecule has 30 heavy (non-hydrogen) atoms. The summed E-state index contributed by atoms with van der Waals surface area (Å²) >= 11 is 5.98. The zero-order valence-electron chi connectivity index (χ0n) is 16.2. The Hall–Kier alpha value is -2.99. The van der Waals surface area contributed by atoms with Gasteiger partial charge < -0.3 is 10.6 Å². The lowest BCUT2D eigenvalue weighted by Crippen LogP contribution is -2.39. The van der Waals surface area contributed by atoms with Gasteiger partial charge in [-0.1, -0.05) is 35.9 Å². The van der Waals surface area contributed by atoms with Crippen LogP contribution in [-0.2, 0) is 4.79 Å². The highest BCUT2D eigenvalue weighted by molar-refractivity contribution is 6.33. The number of carbonyl (C=O) groups is 2. The van der Waals surface area contributed by atoms with Crippen molar-refractivity contribution in [2.45, 2.75) is 31.7 Å². The highest BCUT2D eigenvalue weighted by Crippen LogP contribution is 2.28. The van der Waals surface area contributed by atoms with Crippen molar-refractivity contribution in [1.82, 2.24) is 10.3 Å². The molecule has 4 rings (SSSR count). The highest BCUT2D eigenvalue weighted by Gasteiger charge is 2.28. The van der Waals surface area contributed by atoms with E-state index in [0.717, 1.165) is 10.9 Å². The number of nitrogens with one attached hydrogen (secondary N) is 2. The molecule has 0 saturated heterocycles. The number of nitrogens with zero attached hydrogens (tertiary/aromatic N) is 1. The van der Waals surface area contributed by atoms with Crippen LogP contribution in [0.2, 0.25) is 5.02 Å². The SMILES string of the molecule is O=C(NC1CCC(C(=O)Nc2ccc(F)cc2Cl)CC1)c1ccc2ccccc2n1. The third-order valence-corrected chi connectivity index (χ3v) is 5.77. The van der Waals surface area contributed by atoms with Crippen LogP contribution in [0.1, 0.15) is 36.2 Å². The van der Waals surface area contributed by atoms with E-state index < -0.39 is 5.82 Å². The van der Waals surface area contributed by atoms with E-state index in [1.807, 2.05) is 30.3 Å². The molecule has 0 aliphatic heterocycles. The van der Waals surface area contributed by atoms with Crippen LogP contribution in [0.25, 0.3) is 10.9 Å². The lowest BCUT2D eigenvalue weighted by atomic mass is 9.85. The van der Waals surface area contributed by atoms with Crippen molar-refractivity contribution >= 4 is 40.0 Å². The Morgan fingerprint density at radius 3 is 2.53 bits per heavy atom. The van der Waals surface area contributed by atoms with Gasteiger partial charge in [0.15, 0.2) is 0 Å². The van der Waals surface area contributed by atoms with Crippen molar-refractivity contribution in [2.75, 3.05) is 5.32 Å². The van der Waals surface area contributed by atoms with Crippen LogP contribution in [-0.4, -0.2) is 22.8 Å². The Labute approximate surface area is 178 Å². The van der Waals surface area contributed by atoms with Gasteiger partial charge in [-0.25, -0.2) is 9.37 Å². The van der Waals surface area contributed by atoms with Crippen molar-refractivity contribution in [2.24, 2.45) is 5.92 Å². The average molecular weight is 426 g/mol. The minimum absolute atomic E-state index is 0.00392. The van der Waals surface area contributed by atoms with Crippen molar-refractivity contribution in [3.05, 3.63) is 71.1 Å². The summed E-state index contributed by atoms with van der Waals surface area (Å²) in [4.78, 5) is 29.5. The summed E-state index contributed by atoms with van der Waals surface area (Å²) in [6.07, 6.45) is 2.71. The molecule has 1 fully saturated rings. The number of benzene rings is 2. The molecule has 1 aliphatic carbocycles. The third kappa shape index (κ3) is 4.60. The van der Waals surface area contributed by atoms with Crippen LogP contribution in [0.4, 0.5) is 10.1 Å². The predicted octanol–water partition coefficient (Wildman–Crippen LogP) is 4.95. The Balaban J connectivity index is 1.31. The first-order valence-electron chi connectivity index (χ1n) is 9.92. The lowest BCUT2D eigenvalue weighted by molar-refractivity contribution is -0.120. The van der Waals surface area contributed by atoms with Gasteiger partial charge in [0.1, 0.15) is 11.5 Å². The number of hydrogen-bond acceptors (Lipinski definition) is 3. The number of anilines is 1. The van der Waals surface area contributed by atoms with Gasteiger partial charge in [0.05, 0.1) is 16.2 Å². The normalized spacial score (nSPS) is 18.7. The second-order valence-corrected chi connectivity index (χ2v) is 7.93. The number of amides is 2. The first-order chi connectivity index (χ1) is 14.5. The Bertz CT molecular complexity index is 1100. The molecule has 0 radical (unpaired) electrons. The summed E-state index contributed by atoms with van der Waals surface area (Å²) in [5.41, 5.74) is 1.57. The molecule has 2 N–H and O–H groups in total. The van der Waals surface area contributed by atoms with Crippen LogP contribution in [0.15, 0.2) is 54.6 Å². The Morgan fingerprint density at radius 2 is 1.77 bits per heavy atom. The number of para-hydroxylation sites is 1. The summed E-state index contributed by atoms with van der Waals surface area (Å²) in [5, 5.41) is 6.96. The molecular formula is C23H21ClFN3O2. The number of carbonyl (C=O) groups excluding carboxylic acids is 2. The molecule has 7 heteroatoms. The van der Waals surface area contributed by atoms with Gasteiger partial charge in [-0.2, -0.15) is 0 Å². The third-order valence-electron chi connectivity index (χ3n) is 5.45. The van der Waals surface area contributed by atoms with Gasteiger partial charge in [0, 0.05) is 17.3 Å². The Morgan fingerprint density at radius 1 is 1.00 bits per heavy atom. The summed E-state index contributed by atoms with van der Waals surface area (Å²) in [7, 11) is 0. The van der Waals surface area contributed by atoms with E-state index in [-0.39, 0.29) is 28.8 Å². The van der Waals surface area contributed by atoms with E-state index in [9.17, 15) is 14.0 Å². The first kappa shape index (κ1) is 20.3. The van der Waals surface area contributed by atoms with Crippen molar-refractivity contribution in [1.29, 1.82) is 0 Å². The number of rotatable bonds is 4. The zero-order valence-corrected chi connectivity index (χ0v) is 17.0. The second-order valence-electron chi connectivity index (χ2n) is 7.52. The van der Waals surface area contributed by atoms with E-state index in [0.29, 0.717) is 37.1 Å². The molecule has 1 aliphatic rings. The molecule has 1 saturated carbocycles. The monoisotopic (exact) mass is 425 g/mol. The van der Waals surface area contributed by atoms with Crippen molar-refractivity contribution < 1.29 is 14.0 Å². The minimum Gasteiger partial charge on any atom is -0.348 e.